The molecule has 0 aliphatic rings. The average Bonchev–Trinajstić information content (AvgIpc) is 2.92. The molecule has 1 amide bonds. The summed E-state index contributed by atoms with van der Waals surface area (Å²) in [5.41, 5.74) is 2.99. The van der Waals surface area contributed by atoms with Crippen LogP contribution in [0.15, 0.2) is 30.3 Å². The minimum absolute atomic E-state index is 0.00538. The van der Waals surface area contributed by atoms with Gasteiger partial charge in [0.2, 0.25) is 0 Å². The third-order valence-corrected chi connectivity index (χ3v) is 3.32. The van der Waals surface area contributed by atoms with Crippen LogP contribution < -0.4 is 5.32 Å². The predicted octanol–water partition coefficient (Wildman–Crippen LogP) is 2.77. The quantitative estimate of drug-likeness (QED) is 0.888. The van der Waals surface area contributed by atoms with Crippen molar-refractivity contribution in [2.45, 2.75) is 39.8 Å². The van der Waals surface area contributed by atoms with Crippen molar-refractivity contribution in [1.82, 2.24) is 9.78 Å². The van der Waals surface area contributed by atoms with Crippen molar-refractivity contribution < 1.29 is 9.90 Å². The summed E-state index contributed by atoms with van der Waals surface area (Å²) in [6, 6.07) is 8.96. The van der Waals surface area contributed by atoms with Crippen LogP contribution in [0.2, 0.25) is 0 Å². The maximum atomic E-state index is 12.4. The van der Waals surface area contributed by atoms with Gasteiger partial charge in [0.25, 0.3) is 5.91 Å². The number of amides is 1. The van der Waals surface area contributed by atoms with Crippen LogP contribution >= 0.6 is 0 Å². The summed E-state index contributed by atoms with van der Waals surface area (Å²) in [6.45, 7) is 6.71. The largest absolute Gasteiger partial charge is 0.392 e. The number of aromatic nitrogens is 2. The molecular weight excluding hydrogens is 266 g/mol. The highest BCUT2D eigenvalue weighted by Crippen LogP contribution is 2.16. The zero-order valence-corrected chi connectivity index (χ0v) is 12.6. The lowest BCUT2D eigenvalue weighted by Gasteiger charge is -2.07. The van der Waals surface area contributed by atoms with Crippen LogP contribution in [0, 0.1) is 0 Å². The number of nitrogens with one attached hydrogen (secondary N) is 1. The van der Waals surface area contributed by atoms with E-state index in [-0.39, 0.29) is 18.4 Å². The van der Waals surface area contributed by atoms with Gasteiger partial charge in [-0.05, 0) is 36.6 Å². The number of hydrogen-bond donors (Lipinski definition) is 2. The normalized spacial score (nSPS) is 10.9. The Labute approximate surface area is 124 Å². The Bertz CT molecular complexity index is 615. The molecular formula is C16H21N3O2. The number of carbonyl (C=O) groups is 1. The molecule has 1 aromatic carbocycles. The van der Waals surface area contributed by atoms with Gasteiger partial charge in [-0.2, -0.15) is 5.10 Å². The first kappa shape index (κ1) is 15.3. The van der Waals surface area contributed by atoms with E-state index < -0.39 is 0 Å². The average molecular weight is 287 g/mol. The molecule has 5 nitrogen and oxygen atoms in total. The molecule has 2 rings (SSSR count). The molecule has 1 heterocycles. The van der Waals surface area contributed by atoms with Crippen molar-refractivity contribution in [2.75, 3.05) is 5.32 Å². The van der Waals surface area contributed by atoms with Crippen LogP contribution in [0.1, 0.15) is 48.4 Å². The monoisotopic (exact) mass is 287 g/mol. The number of carbonyl (C=O) groups excluding carboxylic acids is 1. The van der Waals surface area contributed by atoms with Gasteiger partial charge in [0.1, 0.15) is 5.69 Å². The molecule has 0 bridgehead atoms. The fourth-order valence-corrected chi connectivity index (χ4v) is 2.03. The summed E-state index contributed by atoms with van der Waals surface area (Å²) in [6.07, 6.45) is 0. The molecule has 0 fully saturated rings. The molecule has 0 saturated heterocycles. The number of aryl methyl sites for hydroxylation is 1. The highest BCUT2D eigenvalue weighted by Gasteiger charge is 2.16. The van der Waals surface area contributed by atoms with Crippen molar-refractivity contribution in [1.29, 1.82) is 0 Å². The SMILES string of the molecule is CCn1nc(C(C)C)cc1C(=O)Nc1ccc(CO)cc1. The second-order valence-electron chi connectivity index (χ2n) is 5.23. The molecule has 0 radical (unpaired) electrons. The lowest BCUT2D eigenvalue weighted by atomic mass is 10.1. The van der Waals surface area contributed by atoms with E-state index >= 15 is 0 Å². The van der Waals surface area contributed by atoms with Crippen molar-refractivity contribution in [3.63, 3.8) is 0 Å². The molecule has 112 valence electrons. The Morgan fingerprint density at radius 2 is 2.00 bits per heavy atom. The summed E-state index contributed by atoms with van der Waals surface area (Å²) in [5, 5.41) is 16.3. The van der Waals surface area contributed by atoms with Gasteiger partial charge in [-0.25, -0.2) is 0 Å². The number of rotatable bonds is 5. The number of aliphatic hydroxyl groups excluding tert-OH is 1. The van der Waals surface area contributed by atoms with Gasteiger partial charge in [0, 0.05) is 12.2 Å². The van der Waals surface area contributed by atoms with Crippen molar-refractivity contribution in [3.8, 4) is 0 Å². The van der Waals surface area contributed by atoms with Crippen molar-refractivity contribution in [2.24, 2.45) is 0 Å². The summed E-state index contributed by atoms with van der Waals surface area (Å²) in [4.78, 5) is 12.4. The van der Waals surface area contributed by atoms with Crippen LogP contribution in [-0.2, 0) is 13.2 Å². The van der Waals surface area contributed by atoms with Gasteiger partial charge < -0.3 is 10.4 Å². The van der Waals surface area contributed by atoms with Gasteiger partial charge in [0.15, 0.2) is 0 Å². The van der Waals surface area contributed by atoms with Crippen LogP contribution in [0.3, 0.4) is 0 Å². The minimum atomic E-state index is -0.173. The Balaban J connectivity index is 2.19. The zero-order chi connectivity index (χ0) is 15.4. The van der Waals surface area contributed by atoms with E-state index in [9.17, 15) is 4.79 Å². The third kappa shape index (κ3) is 3.49. The molecule has 2 N–H and O–H groups in total. The zero-order valence-electron chi connectivity index (χ0n) is 12.6. The fraction of sp³-hybridized carbons (Fsp3) is 0.375. The second kappa shape index (κ2) is 6.54. The van der Waals surface area contributed by atoms with E-state index in [1.165, 1.54) is 0 Å². The Morgan fingerprint density at radius 3 is 2.52 bits per heavy atom. The van der Waals surface area contributed by atoms with Crippen LogP contribution in [-0.4, -0.2) is 20.8 Å². The van der Waals surface area contributed by atoms with E-state index in [1.807, 2.05) is 13.0 Å². The first-order valence-electron chi connectivity index (χ1n) is 7.14. The molecule has 21 heavy (non-hydrogen) atoms. The molecule has 0 aliphatic carbocycles. The van der Waals surface area contributed by atoms with E-state index in [0.29, 0.717) is 17.9 Å². The molecule has 0 saturated carbocycles. The minimum Gasteiger partial charge on any atom is -0.392 e. The number of anilines is 1. The summed E-state index contributed by atoms with van der Waals surface area (Å²) < 4.78 is 1.72. The summed E-state index contributed by atoms with van der Waals surface area (Å²) in [5.74, 6) is 0.112. The Kier molecular flexibility index (Phi) is 4.75. The second-order valence-corrected chi connectivity index (χ2v) is 5.23. The van der Waals surface area contributed by atoms with E-state index in [0.717, 1.165) is 11.3 Å². The van der Waals surface area contributed by atoms with Gasteiger partial charge in [-0.1, -0.05) is 26.0 Å². The highest BCUT2D eigenvalue weighted by molar-refractivity contribution is 6.03. The maximum absolute atomic E-state index is 12.4. The first-order chi connectivity index (χ1) is 10.0. The molecule has 1 aromatic heterocycles. The van der Waals surface area contributed by atoms with E-state index in [4.69, 9.17) is 5.11 Å². The topological polar surface area (TPSA) is 67.2 Å². The van der Waals surface area contributed by atoms with Crippen LogP contribution in [0.5, 0.6) is 0 Å². The molecule has 5 heteroatoms. The fourth-order valence-electron chi connectivity index (χ4n) is 2.03. The van der Waals surface area contributed by atoms with Gasteiger partial charge in [-0.15, -0.1) is 0 Å². The molecule has 2 aromatic rings. The van der Waals surface area contributed by atoms with Gasteiger partial charge >= 0.3 is 0 Å². The third-order valence-electron chi connectivity index (χ3n) is 3.32. The van der Waals surface area contributed by atoms with E-state index in [1.54, 1.807) is 28.9 Å². The van der Waals surface area contributed by atoms with E-state index in [2.05, 4.69) is 24.3 Å². The molecule has 0 unspecified atom stereocenters. The lowest BCUT2D eigenvalue weighted by Crippen LogP contribution is -2.17. The standard InChI is InChI=1S/C16H21N3O2/c1-4-19-15(9-14(18-19)11(2)3)16(21)17-13-7-5-12(10-20)6-8-13/h5-9,11,20H,4,10H2,1-3H3,(H,17,21). The first-order valence-corrected chi connectivity index (χ1v) is 7.14. The Morgan fingerprint density at radius 1 is 1.33 bits per heavy atom. The number of nitrogens with zero attached hydrogens (tertiary/aromatic N) is 2. The lowest BCUT2D eigenvalue weighted by molar-refractivity contribution is 0.101. The van der Waals surface area contributed by atoms with Crippen molar-refractivity contribution in [3.05, 3.63) is 47.3 Å². The predicted molar refractivity (Wildman–Crippen MR) is 82.3 cm³/mol. The number of benzene rings is 1. The van der Waals surface area contributed by atoms with Gasteiger partial charge in [0.05, 0.1) is 12.3 Å². The molecule has 0 atom stereocenters. The smallest absolute Gasteiger partial charge is 0.273 e. The van der Waals surface area contributed by atoms with Crippen LogP contribution in [0.25, 0.3) is 0 Å². The molecule has 0 spiro atoms. The van der Waals surface area contributed by atoms with Crippen LogP contribution in [0.4, 0.5) is 5.69 Å². The number of aliphatic hydroxyl groups is 1. The Hall–Kier alpha value is -2.14. The van der Waals surface area contributed by atoms with Gasteiger partial charge in [-0.3, -0.25) is 9.48 Å². The number of hydrogen-bond acceptors (Lipinski definition) is 3. The maximum Gasteiger partial charge on any atom is 0.273 e. The summed E-state index contributed by atoms with van der Waals surface area (Å²) >= 11 is 0. The van der Waals surface area contributed by atoms with Crippen molar-refractivity contribution >= 4 is 11.6 Å². The summed E-state index contributed by atoms with van der Waals surface area (Å²) in [7, 11) is 0. The molecule has 0 aliphatic heterocycles. The highest BCUT2D eigenvalue weighted by atomic mass is 16.3.